The first-order chi connectivity index (χ1) is 13.3. The van der Waals surface area contributed by atoms with E-state index in [9.17, 15) is 9.59 Å². The second kappa shape index (κ2) is 11.1. The van der Waals surface area contributed by atoms with E-state index in [-0.39, 0.29) is 42.2 Å². The van der Waals surface area contributed by atoms with Gasteiger partial charge in [-0.05, 0) is 25.0 Å². The summed E-state index contributed by atoms with van der Waals surface area (Å²) in [6, 6.07) is 7.25. The number of hydrogen-bond donors (Lipinski definition) is 3. The molecule has 2 heterocycles. The number of carbonyl (C=O) groups is 1. The molecule has 1 amide bonds. The lowest BCUT2D eigenvalue weighted by Crippen LogP contribution is -2.59. The highest BCUT2D eigenvalue weighted by atomic mass is 35.5. The Bertz CT molecular complexity index is 907. The van der Waals surface area contributed by atoms with Crippen molar-refractivity contribution < 1.29 is 9.53 Å². The topological polar surface area (TPSA) is 113 Å². The van der Waals surface area contributed by atoms with Crippen molar-refractivity contribution in [1.29, 1.82) is 0 Å². The molecule has 1 aliphatic rings. The van der Waals surface area contributed by atoms with Crippen LogP contribution in [0.4, 0.5) is 0 Å². The Morgan fingerprint density at radius 2 is 2.10 bits per heavy atom. The third kappa shape index (κ3) is 5.92. The van der Waals surface area contributed by atoms with Crippen molar-refractivity contribution in [3.05, 3.63) is 40.4 Å². The summed E-state index contributed by atoms with van der Waals surface area (Å²) in [7, 11) is 0. The van der Waals surface area contributed by atoms with Crippen LogP contribution in [-0.4, -0.2) is 58.7 Å². The molecule has 10 heteroatoms. The van der Waals surface area contributed by atoms with Gasteiger partial charge in [-0.15, -0.1) is 24.8 Å². The molecule has 168 valence electrons. The first-order valence-corrected chi connectivity index (χ1v) is 9.66. The first kappa shape index (κ1) is 26.3. The molecule has 0 bridgehead atoms. The second-order valence-electron chi connectivity index (χ2n) is 7.89. The average molecular weight is 460 g/mol. The van der Waals surface area contributed by atoms with Crippen LogP contribution in [0.3, 0.4) is 0 Å². The van der Waals surface area contributed by atoms with Crippen LogP contribution < -0.4 is 16.6 Å². The minimum absolute atomic E-state index is 0. The number of amides is 1. The number of benzene rings is 1. The van der Waals surface area contributed by atoms with Gasteiger partial charge in [0, 0.05) is 19.6 Å². The number of halogens is 2. The van der Waals surface area contributed by atoms with Gasteiger partial charge in [-0.3, -0.25) is 14.5 Å². The van der Waals surface area contributed by atoms with Gasteiger partial charge in [-0.2, -0.15) is 0 Å². The average Bonchev–Trinajstić information content (AvgIpc) is 2.68. The molecule has 2 atom stereocenters. The number of nitrogens with two attached hydrogens (primary N) is 1. The molecule has 4 N–H and O–H groups in total. The van der Waals surface area contributed by atoms with Gasteiger partial charge in [0.1, 0.15) is 11.9 Å². The summed E-state index contributed by atoms with van der Waals surface area (Å²) in [4.78, 5) is 34.4. The number of rotatable bonds is 6. The summed E-state index contributed by atoms with van der Waals surface area (Å²) < 4.78 is 5.68. The fourth-order valence-electron chi connectivity index (χ4n) is 3.22. The molecule has 0 spiro atoms. The van der Waals surface area contributed by atoms with E-state index >= 15 is 0 Å². The monoisotopic (exact) mass is 459 g/mol. The molecule has 1 aromatic heterocycles. The van der Waals surface area contributed by atoms with E-state index in [1.807, 2.05) is 39.0 Å². The lowest BCUT2D eigenvalue weighted by Gasteiger charge is -2.37. The maximum absolute atomic E-state index is 12.7. The molecule has 8 nitrogen and oxygen atoms in total. The number of carbonyl (C=O) groups excluding carboxylic acids is 1. The molecular formula is C20H31Cl2N5O3. The van der Waals surface area contributed by atoms with E-state index in [0.717, 1.165) is 0 Å². The lowest BCUT2D eigenvalue weighted by atomic mass is 9.88. The van der Waals surface area contributed by atoms with Crippen molar-refractivity contribution in [2.75, 3.05) is 26.2 Å². The van der Waals surface area contributed by atoms with Crippen LogP contribution in [-0.2, 0) is 16.1 Å². The van der Waals surface area contributed by atoms with E-state index < -0.39 is 11.6 Å². The molecule has 3 rings (SSSR count). The number of ether oxygens (including phenoxy) is 1. The number of aromatic nitrogens is 2. The summed E-state index contributed by atoms with van der Waals surface area (Å²) in [5.41, 5.74) is 5.90. The van der Waals surface area contributed by atoms with Crippen LogP contribution in [0.5, 0.6) is 0 Å². The van der Waals surface area contributed by atoms with Crippen molar-refractivity contribution >= 4 is 41.6 Å². The quantitative estimate of drug-likeness (QED) is 0.602. The number of aromatic amines is 1. The Hall–Kier alpha value is -1.71. The first-order valence-electron chi connectivity index (χ1n) is 9.66. The predicted molar refractivity (Wildman–Crippen MR) is 122 cm³/mol. The van der Waals surface area contributed by atoms with Crippen molar-refractivity contribution in [2.45, 2.75) is 39.0 Å². The fourth-order valence-corrected chi connectivity index (χ4v) is 3.22. The summed E-state index contributed by atoms with van der Waals surface area (Å²) in [5, 5.41) is 3.61. The molecule has 0 radical (unpaired) electrons. The molecule has 30 heavy (non-hydrogen) atoms. The number of hydrogen-bond acceptors (Lipinski definition) is 6. The SMILES string of the molecule is CC(C)C(C)(CN)NC(=O)C1CN(Cc2nc3ccccc3c(=O)[nH]2)CCO1.Cl.Cl. The maximum Gasteiger partial charge on any atom is 0.258 e. The number of para-hydroxylation sites is 1. The van der Waals surface area contributed by atoms with E-state index in [4.69, 9.17) is 10.5 Å². The van der Waals surface area contributed by atoms with Gasteiger partial charge in [-0.25, -0.2) is 4.98 Å². The van der Waals surface area contributed by atoms with Crippen LogP contribution in [0.15, 0.2) is 29.1 Å². The Kier molecular flexibility index (Phi) is 9.71. The highest BCUT2D eigenvalue weighted by Crippen LogP contribution is 2.17. The molecule has 2 aromatic rings. The maximum atomic E-state index is 12.7. The van der Waals surface area contributed by atoms with Gasteiger partial charge >= 0.3 is 0 Å². The summed E-state index contributed by atoms with van der Waals surface area (Å²) in [6.45, 7) is 8.35. The van der Waals surface area contributed by atoms with Gasteiger partial charge in [0.05, 0.1) is 29.6 Å². The summed E-state index contributed by atoms with van der Waals surface area (Å²) >= 11 is 0. The molecule has 1 fully saturated rings. The van der Waals surface area contributed by atoms with Crippen molar-refractivity contribution in [1.82, 2.24) is 20.2 Å². The van der Waals surface area contributed by atoms with E-state index in [2.05, 4.69) is 20.2 Å². The van der Waals surface area contributed by atoms with Crippen LogP contribution >= 0.6 is 24.8 Å². The number of H-pyrrole nitrogens is 1. The summed E-state index contributed by atoms with van der Waals surface area (Å²) in [6.07, 6.45) is -0.578. The van der Waals surface area contributed by atoms with Crippen LogP contribution in [0.1, 0.15) is 26.6 Å². The van der Waals surface area contributed by atoms with Gasteiger partial charge in [-0.1, -0.05) is 26.0 Å². The Morgan fingerprint density at radius 1 is 1.40 bits per heavy atom. The zero-order chi connectivity index (χ0) is 20.3. The van der Waals surface area contributed by atoms with Crippen LogP contribution in [0.25, 0.3) is 10.9 Å². The van der Waals surface area contributed by atoms with Gasteiger partial charge in [0.15, 0.2) is 0 Å². The van der Waals surface area contributed by atoms with Gasteiger partial charge in [0.25, 0.3) is 11.5 Å². The van der Waals surface area contributed by atoms with Gasteiger partial charge in [0.2, 0.25) is 0 Å². The third-order valence-electron chi connectivity index (χ3n) is 5.59. The third-order valence-corrected chi connectivity index (χ3v) is 5.59. The highest BCUT2D eigenvalue weighted by Gasteiger charge is 2.34. The number of morpholine rings is 1. The van der Waals surface area contributed by atoms with Crippen molar-refractivity contribution in [2.24, 2.45) is 11.7 Å². The smallest absolute Gasteiger partial charge is 0.258 e. The highest BCUT2D eigenvalue weighted by molar-refractivity contribution is 5.85. The standard InChI is InChI=1S/C20H29N5O3.2ClH/c1-13(2)20(3,12-21)24-19(27)16-10-25(8-9-28-16)11-17-22-15-7-5-4-6-14(15)18(26)23-17;;/h4-7,13,16H,8-12,21H2,1-3H3,(H,24,27)(H,22,23,26);2*1H. The number of nitrogens with one attached hydrogen (secondary N) is 2. The molecule has 0 aliphatic carbocycles. The van der Waals surface area contributed by atoms with E-state index in [0.29, 0.717) is 49.5 Å². The Balaban J connectivity index is 0.00000225. The Morgan fingerprint density at radius 3 is 2.77 bits per heavy atom. The number of fused-ring (bicyclic) bond motifs is 1. The minimum Gasteiger partial charge on any atom is -0.366 e. The zero-order valence-corrected chi connectivity index (χ0v) is 19.1. The van der Waals surface area contributed by atoms with E-state index in [1.165, 1.54) is 0 Å². The molecular weight excluding hydrogens is 429 g/mol. The molecule has 1 saturated heterocycles. The normalized spacial score (nSPS) is 18.9. The minimum atomic E-state index is -0.578. The van der Waals surface area contributed by atoms with Crippen LogP contribution in [0, 0.1) is 5.92 Å². The molecule has 1 aliphatic heterocycles. The van der Waals surface area contributed by atoms with Crippen molar-refractivity contribution in [3.63, 3.8) is 0 Å². The summed E-state index contributed by atoms with van der Waals surface area (Å²) in [5.74, 6) is 0.623. The zero-order valence-electron chi connectivity index (χ0n) is 17.5. The number of nitrogens with zero attached hydrogens (tertiary/aromatic N) is 2. The fraction of sp³-hybridized carbons (Fsp3) is 0.550. The molecule has 1 aromatic carbocycles. The second-order valence-corrected chi connectivity index (χ2v) is 7.89. The van der Waals surface area contributed by atoms with Crippen LogP contribution in [0.2, 0.25) is 0 Å². The molecule has 2 unspecified atom stereocenters. The van der Waals surface area contributed by atoms with E-state index in [1.54, 1.807) is 6.07 Å². The predicted octanol–water partition coefficient (Wildman–Crippen LogP) is 1.46. The molecule has 0 saturated carbocycles. The van der Waals surface area contributed by atoms with Gasteiger partial charge < -0.3 is 20.8 Å². The van der Waals surface area contributed by atoms with Crippen molar-refractivity contribution in [3.8, 4) is 0 Å². The largest absolute Gasteiger partial charge is 0.366 e. The Labute approximate surface area is 188 Å². The lowest BCUT2D eigenvalue weighted by molar-refractivity contribution is -0.141.